The van der Waals surface area contributed by atoms with E-state index in [9.17, 15) is 22.8 Å². The molecule has 0 aromatic heterocycles. The van der Waals surface area contributed by atoms with E-state index < -0.39 is 34.5 Å². The summed E-state index contributed by atoms with van der Waals surface area (Å²) < 4.78 is 31.9. The van der Waals surface area contributed by atoms with Crippen molar-refractivity contribution in [2.75, 3.05) is 25.0 Å². The summed E-state index contributed by atoms with van der Waals surface area (Å²) in [7, 11) is -3.55. The van der Waals surface area contributed by atoms with E-state index in [1.54, 1.807) is 0 Å². The molecule has 2 amide bonds. The summed E-state index contributed by atoms with van der Waals surface area (Å²) in [4.78, 5) is 35.0. The number of ether oxygens (including phenoxy) is 1. The molecule has 0 unspecified atom stereocenters. The van der Waals surface area contributed by atoms with Gasteiger partial charge in [0.05, 0.1) is 4.90 Å². The van der Waals surface area contributed by atoms with Crippen LogP contribution in [-0.2, 0) is 29.1 Å². The first-order valence-electron chi connectivity index (χ1n) is 9.72. The average Bonchev–Trinajstić information content (AvgIpc) is 2.95. The fourth-order valence-electron chi connectivity index (χ4n) is 3.37. The Morgan fingerprint density at radius 3 is 2.34 bits per heavy atom. The number of amides is 2. The summed E-state index contributed by atoms with van der Waals surface area (Å²) >= 11 is 0. The zero-order valence-electron chi connectivity index (χ0n) is 16.1. The maximum absolute atomic E-state index is 12.8. The summed E-state index contributed by atoms with van der Waals surface area (Å²) in [5.74, 6) is -1.41. The van der Waals surface area contributed by atoms with E-state index in [1.807, 2.05) is 0 Å². The minimum absolute atomic E-state index is 0.181. The number of carbonyl (C=O) groups excluding carboxylic acids is 3. The van der Waals surface area contributed by atoms with Crippen LogP contribution in [0.15, 0.2) is 29.2 Å². The number of nitrogens with one attached hydrogen (secondary N) is 2. The van der Waals surface area contributed by atoms with Crippen LogP contribution in [-0.4, -0.2) is 56.2 Å². The Labute approximate surface area is 169 Å². The molecule has 2 aliphatic rings. The molecule has 1 aromatic rings. The zero-order chi connectivity index (χ0) is 20.9. The Morgan fingerprint density at radius 1 is 1.10 bits per heavy atom. The smallest absolute Gasteiger partial charge is 0.329 e. The van der Waals surface area contributed by atoms with Gasteiger partial charge in [0.15, 0.2) is 6.61 Å². The van der Waals surface area contributed by atoms with Crippen molar-refractivity contribution < 1.29 is 27.5 Å². The summed E-state index contributed by atoms with van der Waals surface area (Å²) in [6.45, 7) is 0.556. The van der Waals surface area contributed by atoms with Crippen molar-refractivity contribution in [3.63, 3.8) is 0 Å². The number of nitrogens with zero attached hydrogens (tertiary/aromatic N) is 1. The lowest BCUT2D eigenvalue weighted by molar-refractivity contribution is -0.149. The number of carbonyl (C=O) groups is 3. The fraction of sp³-hybridized carbons (Fsp3) is 0.526. The highest BCUT2D eigenvalue weighted by atomic mass is 32.2. The Kier molecular flexibility index (Phi) is 6.86. The van der Waals surface area contributed by atoms with Gasteiger partial charge in [-0.3, -0.25) is 9.59 Å². The molecule has 9 nitrogen and oxygen atoms in total. The van der Waals surface area contributed by atoms with Gasteiger partial charge in [0.25, 0.3) is 5.91 Å². The number of hydrogen-bond acceptors (Lipinski definition) is 6. The number of hydrogen-bond donors (Lipinski definition) is 2. The first kappa shape index (κ1) is 21.3. The van der Waals surface area contributed by atoms with Crippen LogP contribution in [0.1, 0.15) is 38.5 Å². The van der Waals surface area contributed by atoms with Gasteiger partial charge in [-0.25, -0.2) is 13.2 Å². The molecular formula is C19H25N3O6S. The molecule has 3 rings (SSSR count). The van der Waals surface area contributed by atoms with E-state index in [2.05, 4.69) is 10.6 Å². The molecule has 2 fully saturated rings. The van der Waals surface area contributed by atoms with Crippen LogP contribution in [0, 0.1) is 0 Å². The normalized spacial score (nSPS) is 20.6. The Balaban J connectivity index is 1.52. The highest BCUT2D eigenvalue weighted by molar-refractivity contribution is 7.89. The summed E-state index contributed by atoms with van der Waals surface area (Å²) in [6.07, 6.45) is 4.40. The molecule has 2 saturated heterocycles. The lowest BCUT2D eigenvalue weighted by atomic mass is 10.2. The van der Waals surface area contributed by atoms with Gasteiger partial charge >= 0.3 is 5.97 Å². The molecule has 0 saturated carbocycles. The monoisotopic (exact) mass is 423 g/mol. The third-order valence-corrected chi connectivity index (χ3v) is 6.88. The van der Waals surface area contributed by atoms with Crippen molar-refractivity contribution in [3.8, 4) is 0 Å². The SMILES string of the molecule is O=C(COC(=O)[C@H]1CCC(=O)N1)Nc1ccc(S(=O)(=O)N2CCCCCC2)cc1. The number of rotatable bonds is 6. The summed E-state index contributed by atoms with van der Waals surface area (Å²) in [5, 5.41) is 5.03. The first-order valence-corrected chi connectivity index (χ1v) is 11.2. The average molecular weight is 423 g/mol. The van der Waals surface area contributed by atoms with Gasteiger partial charge in [-0.1, -0.05) is 12.8 Å². The molecule has 1 aromatic carbocycles. The number of sulfonamides is 1. The molecule has 0 spiro atoms. The Hall–Kier alpha value is -2.46. The Morgan fingerprint density at radius 2 is 1.76 bits per heavy atom. The zero-order valence-corrected chi connectivity index (χ0v) is 16.9. The van der Waals surface area contributed by atoms with Crippen molar-refractivity contribution in [2.24, 2.45) is 0 Å². The fourth-order valence-corrected chi connectivity index (χ4v) is 4.88. The minimum atomic E-state index is -3.55. The molecular weight excluding hydrogens is 398 g/mol. The van der Waals surface area contributed by atoms with Crippen LogP contribution in [0.3, 0.4) is 0 Å². The van der Waals surface area contributed by atoms with E-state index in [1.165, 1.54) is 28.6 Å². The second-order valence-electron chi connectivity index (χ2n) is 7.16. The molecule has 10 heteroatoms. The number of anilines is 1. The van der Waals surface area contributed by atoms with Crippen LogP contribution in [0.25, 0.3) is 0 Å². The molecule has 158 valence electrons. The number of benzene rings is 1. The van der Waals surface area contributed by atoms with Crippen molar-refractivity contribution >= 4 is 33.5 Å². The molecule has 2 N–H and O–H groups in total. The third-order valence-electron chi connectivity index (χ3n) is 4.97. The van der Waals surface area contributed by atoms with Gasteiger partial charge in [-0.05, 0) is 43.5 Å². The van der Waals surface area contributed by atoms with Crippen molar-refractivity contribution in [1.82, 2.24) is 9.62 Å². The largest absolute Gasteiger partial charge is 0.454 e. The van der Waals surface area contributed by atoms with Gasteiger partial charge in [0.2, 0.25) is 15.9 Å². The highest BCUT2D eigenvalue weighted by Gasteiger charge is 2.29. The standard InChI is InChI=1S/C19H25N3O6S/c23-17-10-9-16(21-17)19(25)28-13-18(24)20-14-5-7-15(8-6-14)29(26,27)22-11-3-1-2-4-12-22/h5-8,16H,1-4,9-13H2,(H,20,24)(H,21,23)/t16-/m1/s1. The van der Waals surface area contributed by atoms with Gasteiger partial charge < -0.3 is 15.4 Å². The van der Waals surface area contributed by atoms with Crippen molar-refractivity contribution in [3.05, 3.63) is 24.3 Å². The van der Waals surface area contributed by atoms with E-state index >= 15 is 0 Å². The van der Waals surface area contributed by atoms with Gasteiger partial charge in [-0.15, -0.1) is 0 Å². The second-order valence-corrected chi connectivity index (χ2v) is 9.10. The van der Waals surface area contributed by atoms with E-state index in [0.29, 0.717) is 25.2 Å². The molecule has 0 bridgehead atoms. The first-order chi connectivity index (χ1) is 13.9. The van der Waals surface area contributed by atoms with E-state index in [-0.39, 0.29) is 17.2 Å². The predicted octanol–water partition coefficient (Wildman–Crippen LogP) is 1.01. The maximum Gasteiger partial charge on any atom is 0.329 e. The molecule has 2 aliphatic heterocycles. The third kappa shape index (κ3) is 5.54. The molecule has 0 aliphatic carbocycles. The Bertz CT molecular complexity index is 860. The van der Waals surface area contributed by atoms with Gasteiger partial charge in [0, 0.05) is 25.2 Å². The van der Waals surface area contributed by atoms with E-state index in [0.717, 1.165) is 25.7 Å². The highest BCUT2D eigenvalue weighted by Crippen LogP contribution is 2.21. The quantitative estimate of drug-likeness (QED) is 0.659. The predicted molar refractivity (Wildman–Crippen MR) is 104 cm³/mol. The lowest BCUT2D eigenvalue weighted by Crippen LogP contribution is -2.36. The van der Waals surface area contributed by atoms with E-state index in [4.69, 9.17) is 4.74 Å². The van der Waals surface area contributed by atoms with Crippen LogP contribution in [0.5, 0.6) is 0 Å². The second kappa shape index (κ2) is 9.36. The van der Waals surface area contributed by atoms with Crippen molar-refractivity contribution in [2.45, 2.75) is 49.5 Å². The topological polar surface area (TPSA) is 122 Å². The van der Waals surface area contributed by atoms with Crippen LogP contribution >= 0.6 is 0 Å². The van der Waals surface area contributed by atoms with Gasteiger partial charge in [0.1, 0.15) is 6.04 Å². The molecule has 0 radical (unpaired) electrons. The van der Waals surface area contributed by atoms with Crippen molar-refractivity contribution in [1.29, 1.82) is 0 Å². The molecule has 2 heterocycles. The van der Waals surface area contributed by atoms with Crippen LogP contribution < -0.4 is 10.6 Å². The molecule has 1 atom stereocenters. The summed E-state index contributed by atoms with van der Waals surface area (Å²) in [5.41, 5.74) is 0.398. The lowest BCUT2D eigenvalue weighted by Gasteiger charge is -2.20. The van der Waals surface area contributed by atoms with Crippen LogP contribution in [0.4, 0.5) is 5.69 Å². The molecule has 29 heavy (non-hydrogen) atoms. The van der Waals surface area contributed by atoms with Crippen LogP contribution in [0.2, 0.25) is 0 Å². The number of esters is 1. The maximum atomic E-state index is 12.8. The minimum Gasteiger partial charge on any atom is -0.454 e. The summed E-state index contributed by atoms with van der Waals surface area (Å²) in [6, 6.07) is 5.20. The van der Waals surface area contributed by atoms with Gasteiger partial charge in [-0.2, -0.15) is 4.31 Å².